The standard InChI is InChI=1S/C19H18BrN5/c1-12(2)9-19(24-25-21)18-11-16(20)15-10-14(3-4-17(15)23-18)13-5-7-22-8-6-13/h3-8,10-12,19H,9H2,1-2H3. The molecular weight excluding hydrogens is 378 g/mol. The first kappa shape index (κ1) is 17.4. The van der Waals surface area contributed by atoms with Crippen molar-refractivity contribution in [3.05, 3.63) is 69.4 Å². The Balaban J connectivity index is 2.07. The van der Waals surface area contributed by atoms with Crippen LogP contribution in [0.25, 0.3) is 32.5 Å². The minimum atomic E-state index is -0.259. The number of aromatic nitrogens is 2. The average Bonchev–Trinajstić information content (AvgIpc) is 2.61. The van der Waals surface area contributed by atoms with Crippen LogP contribution < -0.4 is 0 Å². The molecule has 5 nitrogen and oxygen atoms in total. The third-order valence-corrected chi connectivity index (χ3v) is 4.67. The second-order valence-electron chi connectivity index (χ2n) is 6.35. The Morgan fingerprint density at radius 2 is 1.88 bits per heavy atom. The summed E-state index contributed by atoms with van der Waals surface area (Å²) < 4.78 is 0.949. The van der Waals surface area contributed by atoms with Gasteiger partial charge in [0.25, 0.3) is 0 Å². The molecule has 1 atom stereocenters. The molecule has 6 heteroatoms. The number of hydrogen-bond acceptors (Lipinski definition) is 3. The van der Waals surface area contributed by atoms with Crippen molar-refractivity contribution >= 4 is 26.8 Å². The first-order valence-corrected chi connectivity index (χ1v) is 8.92. The molecule has 1 aromatic carbocycles. The fourth-order valence-corrected chi connectivity index (χ4v) is 3.39. The van der Waals surface area contributed by atoms with Crippen molar-refractivity contribution in [2.45, 2.75) is 26.3 Å². The zero-order valence-corrected chi connectivity index (χ0v) is 15.7. The van der Waals surface area contributed by atoms with E-state index in [0.29, 0.717) is 5.92 Å². The van der Waals surface area contributed by atoms with Crippen LogP contribution in [0, 0.1) is 5.92 Å². The van der Waals surface area contributed by atoms with Gasteiger partial charge in [0.15, 0.2) is 0 Å². The highest BCUT2D eigenvalue weighted by Gasteiger charge is 2.16. The summed E-state index contributed by atoms with van der Waals surface area (Å²) in [7, 11) is 0. The van der Waals surface area contributed by atoms with E-state index >= 15 is 0 Å². The maximum absolute atomic E-state index is 8.87. The van der Waals surface area contributed by atoms with Gasteiger partial charge in [-0.05, 0) is 59.3 Å². The Hall–Kier alpha value is -2.43. The molecule has 3 aromatic rings. The van der Waals surface area contributed by atoms with Crippen molar-refractivity contribution in [2.75, 3.05) is 0 Å². The molecule has 25 heavy (non-hydrogen) atoms. The molecule has 0 saturated heterocycles. The topological polar surface area (TPSA) is 74.5 Å². The minimum absolute atomic E-state index is 0.259. The van der Waals surface area contributed by atoms with Crippen molar-refractivity contribution in [3.8, 4) is 11.1 Å². The molecule has 0 N–H and O–H groups in total. The summed E-state index contributed by atoms with van der Waals surface area (Å²) in [6.45, 7) is 4.22. The van der Waals surface area contributed by atoms with Crippen LogP contribution in [0.15, 0.2) is 58.4 Å². The van der Waals surface area contributed by atoms with Gasteiger partial charge in [0, 0.05) is 27.2 Å². The molecule has 2 heterocycles. The molecule has 0 spiro atoms. The summed E-state index contributed by atoms with van der Waals surface area (Å²) in [4.78, 5) is 11.8. The van der Waals surface area contributed by atoms with Gasteiger partial charge in [0.05, 0.1) is 17.3 Å². The largest absolute Gasteiger partial charge is 0.265 e. The third-order valence-electron chi connectivity index (χ3n) is 4.02. The van der Waals surface area contributed by atoms with Crippen molar-refractivity contribution in [1.82, 2.24) is 9.97 Å². The Bertz CT molecular complexity index is 933. The molecular formula is C19H18BrN5. The van der Waals surface area contributed by atoms with Gasteiger partial charge in [-0.25, -0.2) is 0 Å². The number of azide groups is 1. The second-order valence-corrected chi connectivity index (χ2v) is 7.20. The molecule has 0 aliphatic carbocycles. The smallest absolute Gasteiger partial charge is 0.0800 e. The van der Waals surface area contributed by atoms with Crippen molar-refractivity contribution < 1.29 is 0 Å². The SMILES string of the molecule is CC(C)CC(N=[N+]=[N-])c1cc(Br)c2cc(-c3ccncc3)ccc2n1. The van der Waals surface area contributed by atoms with Crippen LogP contribution in [0.1, 0.15) is 32.0 Å². The molecule has 2 aromatic heterocycles. The zero-order chi connectivity index (χ0) is 17.8. The average molecular weight is 396 g/mol. The summed E-state index contributed by atoms with van der Waals surface area (Å²) in [6, 6.07) is 11.8. The fourth-order valence-electron chi connectivity index (χ4n) is 2.83. The lowest BCUT2D eigenvalue weighted by Crippen LogP contribution is -2.03. The number of nitrogens with zero attached hydrogens (tertiary/aromatic N) is 5. The van der Waals surface area contributed by atoms with Crippen LogP contribution in [-0.4, -0.2) is 9.97 Å². The van der Waals surface area contributed by atoms with Gasteiger partial charge in [0.1, 0.15) is 0 Å². The number of benzene rings is 1. The fraction of sp³-hybridized carbons (Fsp3) is 0.263. The van der Waals surface area contributed by atoms with Crippen LogP contribution in [0.4, 0.5) is 0 Å². The van der Waals surface area contributed by atoms with Gasteiger partial charge in [-0.1, -0.05) is 41.0 Å². The van der Waals surface area contributed by atoms with E-state index in [1.165, 1.54) is 0 Å². The lowest BCUT2D eigenvalue weighted by Gasteiger charge is -2.15. The molecule has 0 radical (unpaired) electrons. The molecule has 3 rings (SSSR count). The number of rotatable bonds is 5. The van der Waals surface area contributed by atoms with Gasteiger partial charge in [-0.15, -0.1) is 0 Å². The maximum atomic E-state index is 8.87. The van der Waals surface area contributed by atoms with E-state index in [1.54, 1.807) is 12.4 Å². The normalized spacial score (nSPS) is 12.2. The van der Waals surface area contributed by atoms with Gasteiger partial charge in [-0.3, -0.25) is 9.97 Å². The van der Waals surface area contributed by atoms with Crippen LogP contribution in [-0.2, 0) is 0 Å². The molecule has 0 saturated carbocycles. The predicted molar refractivity (Wildman–Crippen MR) is 104 cm³/mol. The second kappa shape index (κ2) is 7.64. The van der Waals surface area contributed by atoms with Crippen LogP contribution >= 0.6 is 15.9 Å². The van der Waals surface area contributed by atoms with Crippen molar-refractivity contribution in [3.63, 3.8) is 0 Å². The van der Waals surface area contributed by atoms with E-state index < -0.39 is 0 Å². The van der Waals surface area contributed by atoms with Gasteiger partial charge in [-0.2, -0.15) is 0 Å². The molecule has 1 unspecified atom stereocenters. The Labute approximate surface area is 154 Å². The van der Waals surface area contributed by atoms with Crippen LogP contribution in [0.5, 0.6) is 0 Å². The summed E-state index contributed by atoms with van der Waals surface area (Å²) in [6.07, 6.45) is 4.34. The number of halogens is 1. The summed E-state index contributed by atoms with van der Waals surface area (Å²) in [5.74, 6) is 0.417. The van der Waals surface area contributed by atoms with E-state index in [0.717, 1.165) is 38.6 Å². The van der Waals surface area contributed by atoms with Crippen LogP contribution in [0.2, 0.25) is 0 Å². The van der Waals surface area contributed by atoms with E-state index in [2.05, 4.69) is 50.9 Å². The lowest BCUT2D eigenvalue weighted by atomic mass is 10.00. The summed E-state index contributed by atoms with van der Waals surface area (Å²) in [5.41, 5.74) is 12.8. The highest BCUT2D eigenvalue weighted by atomic mass is 79.9. The molecule has 0 amide bonds. The van der Waals surface area contributed by atoms with Gasteiger partial charge in [0.2, 0.25) is 0 Å². The van der Waals surface area contributed by atoms with Gasteiger partial charge < -0.3 is 0 Å². The Morgan fingerprint density at radius 1 is 1.12 bits per heavy atom. The number of pyridine rings is 2. The summed E-state index contributed by atoms with van der Waals surface area (Å²) in [5, 5.41) is 4.97. The first-order valence-electron chi connectivity index (χ1n) is 8.13. The Kier molecular flexibility index (Phi) is 5.31. The first-order chi connectivity index (χ1) is 12.1. The predicted octanol–water partition coefficient (Wildman–Crippen LogP) is 6.46. The minimum Gasteiger partial charge on any atom is -0.265 e. The number of hydrogen-bond donors (Lipinski definition) is 0. The van der Waals surface area contributed by atoms with Crippen LogP contribution in [0.3, 0.4) is 0 Å². The highest BCUT2D eigenvalue weighted by Crippen LogP contribution is 2.32. The van der Waals surface area contributed by atoms with Crippen molar-refractivity contribution in [2.24, 2.45) is 11.0 Å². The zero-order valence-electron chi connectivity index (χ0n) is 14.1. The molecule has 0 aliphatic heterocycles. The quantitative estimate of drug-likeness (QED) is 0.282. The number of fused-ring (bicyclic) bond motifs is 1. The van der Waals surface area contributed by atoms with E-state index in [4.69, 9.17) is 10.5 Å². The van der Waals surface area contributed by atoms with Crippen molar-refractivity contribution in [1.29, 1.82) is 0 Å². The molecule has 0 fully saturated rings. The Morgan fingerprint density at radius 3 is 2.56 bits per heavy atom. The third kappa shape index (κ3) is 3.98. The monoisotopic (exact) mass is 395 g/mol. The highest BCUT2D eigenvalue weighted by molar-refractivity contribution is 9.10. The lowest BCUT2D eigenvalue weighted by molar-refractivity contribution is 0.501. The molecule has 126 valence electrons. The molecule has 0 bridgehead atoms. The maximum Gasteiger partial charge on any atom is 0.0800 e. The van der Waals surface area contributed by atoms with E-state index in [-0.39, 0.29) is 6.04 Å². The van der Waals surface area contributed by atoms with E-state index in [9.17, 15) is 0 Å². The van der Waals surface area contributed by atoms with Gasteiger partial charge >= 0.3 is 0 Å². The van der Waals surface area contributed by atoms with E-state index in [1.807, 2.05) is 30.3 Å². The summed E-state index contributed by atoms with van der Waals surface area (Å²) >= 11 is 3.65. The molecule has 0 aliphatic rings.